The molecule has 3 heteroatoms. The molecule has 1 unspecified atom stereocenters. The lowest BCUT2D eigenvalue weighted by Gasteiger charge is -2.01. The van der Waals surface area contributed by atoms with Crippen molar-refractivity contribution in [3.05, 3.63) is 11.8 Å². The topological polar surface area (TPSA) is 29.5 Å². The Hall–Kier alpha value is -0.570. The third-order valence-corrected chi connectivity index (χ3v) is 1.30. The van der Waals surface area contributed by atoms with Gasteiger partial charge < -0.3 is 5.11 Å². The van der Waals surface area contributed by atoms with Crippen LogP contribution in [0.3, 0.4) is 0 Å². The van der Waals surface area contributed by atoms with Crippen LogP contribution in [0.5, 0.6) is 0 Å². The zero-order valence-electron chi connectivity index (χ0n) is 7.01. The molecule has 0 aromatic carbocycles. The van der Waals surface area contributed by atoms with Gasteiger partial charge in [-0.1, -0.05) is 13.3 Å². The zero-order valence-corrected chi connectivity index (χ0v) is 7.01. The van der Waals surface area contributed by atoms with Gasteiger partial charge in [0.15, 0.2) is 0 Å². The molecule has 0 aromatic heterocycles. The molecule has 0 spiro atoms. The van der Waals surface area contributed by atoms with Crippen LogP contribution in [0.1, 0.15) is 33.1 Å². The Labute approximate surface area is 66.6 Å². The molecule has 0 aromatic rings. The van der Waals surface area contributed by atoms with E-state index < -0.39 is 6.10 Å². The van der Waals surface area contributed by atoms with Crippen molar-refractivity contribution >= 4 is 0 Å². The van der Waals surface area contributed by atoms with Gasteiger partial charge in [-0.05, 0) is 19.4 Å². The fraction of sp³-hybridized carbons (Fsp3) is 0.750. The number of aliphatic hydroxyl groups is 1. The van der Waals surface area contributed by atoms with Gasteiger partial charge in [0.25, 0.3) is 0 Å². The lowest BCUT2D eigenvalue weighted by Crippen LogP contribution is -1.96. The van der Waals surface area contributed by atoms with E-state index in [4.69, 9.17) is 5.11 Å². The van der Waals surface area contributed by atoms with E-state index in [2.05, 4.69) is 4.94 Å². The quantitative estimate of drug-likeness (QED) is 0.629. The fourth-order valence-corrected chi connectivity index (χ4v) is 0.768. The molecular formula is C8H15FO2. The van der Waals surface area contributed by atoms with E-state index in [-0.39, 0.29) is 5.76 Å². The Morgan fingerprint density at radius 2 is 2.36 bits per heavy atom. The van der Waals surface area contributed by atoms with E-state index >= 15 is 0 Å². The van der Waals surface area contributed by atoms with Crippen molar-refractivity contribution in [2.45, 2.75) is 39.2 Å². The van der Waals surface area contributed by atoms with Gasteiger partial charge >= 0.3 is 0 Å². The van der Waals surface area contributed by atoms with Gasteiger partial charge in [0.1, 0.15) is 5.76 Å². The van der Waals surface area contributed by atoms with E-state index in [0.29, 0.717) is 6.42 Å². The third-order valence-electron chi connectivity index (χ3n) is 1.30. The van der Waals surface area contributed by atoms with Crippen molar-refractivity contribution in [3.8, 4) is 0 Å². The van der Waals surface area contributed by atoms with Crippen LogP contribution >= 0.6 is 0 Å². The summed E-state index contributed by atoms with van der Waals surface area (Å²) in [4.78, 5) is 3.56. The molecule has 0 heterocycles. The van der Waals surface area contributed by atoms with Crippen LogP contribution in [0.2, 0.25) is 0 Å². The molecule has 0 amide bonds. The highest BCUT2D eigenvalue weighted by Crippen LogP contribution is 2.10. The Balaban J connectivity index is 3.74. The first kappa shape index (κ1) is 10.4. The minimum Gasteiger partial charge on any atom is -0.389 e. The molecule has 0 bridgehead atoms. The normalized spacial score (nSPS) is 14.7. The average molecular weight is 162 g/mol. The minimum absolute atomic E-state index is 0.224. The molecule has 1 N–H and O–H groups in total. The Morgan fingerprint density at radius 1 is 1.73 bits per heavy atom. The lowest BCUT2D eigenvalue weighted by molar-refractivity contribution is -0.0885. The summed E-state index contributed by atoms with van der Waals surface area (Å²) in [5.41, 5.74) is 0. The van der Waals surface area contributed by atoms with Crippen molar-refractivity contribution < 1.29 is 14.6 Å². The highest BCUT2D eigenvalue weighted by molar-refractivity contribution is 4.95. The molecular weight excluding hydrogens is 147 g/mol. The number of unbranched alkanes of at least 4 members (excludes halogenated alkanes) is 1. The van der Waals surface area contributed by atoms with Crippen molar-refractivity contribution in [1.82, 2.24) is 0 Å². The van der Waals surface area contributed by atoms with Crippen LogP contribution in [-0.4, -0.2) is 11.2 Å². The SMILES string of the molecule is CCCC/C(=C/C(C)O)OF. The second-order valence-electron chi connectivity index (χ2n) is 2.55. The number of hydrogen-bond acceptors (Lipinski definition) is 2. The van der Waals surface area contributed by atoms with Crippen molar-refractivity contribution in [2.24, 2.45) is 0 Å². The van der Waals surface area contributed by atoms with Crippen LogP contribution in [0.15, 0.2) is 11.8 Å². The summed E-state index contributed by atoms with van der Waals surface area (Å²) in [7, 11) is 0. The van der Waals surface area contributed by atoms with Crippen LogP contribution in [0.4, 0.5) is 4.53 Å². The second kappa shape index (κ2) is 6.16. The highest BCUT2D eigenvalue weighted by atomic mass is 19.3. The molecule has 0 aliphatic rings. The number of rotatable bonds is 5. The van der Waals surface area contributed by atoms with Crippen LogP contribution < -0.4 is 0 Å². The van der Waals surface area contributed by atoms with E-state index in [9.17, 15) is 4.53 Å². The van der Waals surface area contributed by atoms with E-state index in [1.54, 1.807) is 6.92 Å². The Morgan fingerprint density at radius 3 is 2.73 bits per heavy atom. The molecule has 1 atom stereocenters. The first-order valence-corrected chi connectivity index (χ1v) is 3.88. The van der Waals surface area contributed by atoms with Crippen LogP contribution in [-0.2, 0) is 4.94 Å². The maximum atomic E-state index is 11.7. The third kappa shape index (κ3) is 5.85. The van der Waals surface area contributed by atoms with Gasteiger partial charge in [0.2, 0.25) is 0 Å². The predicted molar refractivity (Wildman–Crippen MR) is 41.5 cm³/mol. The summed E-state index contributed by atoms with van der Waals surface area (Å²) in [6.07, 6.45) is 3.15. The number of halogens is 1. The smallest absolute Gasteiger partial charge is 0.147 e. The summed E-state index contributed by atoms with van der Waals surface area (Å²) in [5, 5.41) is 8.83. The second-order valence-corrected chi connectivity index (χ2v) is 2.55. The first-order valence-electron chi connectivity index (χ1n) is 3.88. The van der Waals surface area contributed by atoms with Gasteiger partial charge in [0, 0.05) is 10.9 Å². The first-order chi connectivity index (χ1) is 5.20. The maximum Gasteiger partial charge on any atom is 0.147 e. The van der Waals surface area contributed by atoms with Gasteiger partial charge in [0.05, 0.1) is 6.10 Å². The maximum absolute atomic E-state index is 11.7. The summed E-state index contributed by atoms with van der Waals surface area (Å²) in [6.45, 7) is 3.57. The van der Waals surface area contributed by atoms with E-state index in [0.717, 1.165) is 12.8 Å². The predicted octanol–water partition coefficient (Wildman–Crippen LogP) is 2.34. The molecule has 66 valence electrons. The van der Waals surface area contributed by atoms with Gasteiger partial charge in [-0.25, -0.2) is 0 Å². The molecule has 11 heavy (non-hydrogen) atoms. The summed E-state index contributed by atoms with van der Waals surface area (Å²) in [5.74, 6) is 0.224. The molecule has 0 rings (SSSR count). The standard InChI is InChI=1S/C8H15FO2/c1-3-4-5-8(11-9)6-7(2)10/h6-7,10H,3-5H2,1-2H3/b8-6-. The van der Waals surface area contributed by atoms with E-state index in [1.807, 2.05) is 6.92 Å². The van der Waals surface area contributed by atoms with Crippen LogP contribution in [0, 0.1) is 0 Å². The van der Waals surface area contributed by atoms with Gasteiger partial charge in [-0.3, -0.25) is 4.94 Å². The lowest BCUT2D eigenvalue weighted by atomic mass is 10.2. The van der Waals surface area contributed by atoms with Crippen LogP contribution in [0.25, 0.3) is 0 Å². The highest BCUT2D eigenvalue weighted by Gasteiger charge is 2.00. The van der Waals surface area contributed by atoms with Gasteiger partial charge in [-0.2, -0.15) is 0 Å². The minimum atomic E-state index is -0.641. The molecule has 2 nitrogen and oxygen atoms in total. The van der Waals surface area contributed by atoms with Crippen molar-refractivity contribution in [1.29, 1.82) is 0 Å². The number of allylic oxidation sites excluding steroid dienone is 1. The molecule has 0 saturated heterocycles. The molecule has 0 aliphatic carbocycles. The summed E-state index contributed by atoms with van der Waals surface area (Å²) < 4.78 is 11.7. The van der Waals surface area contributed by atoms with Crippen molar-refractivity contribution in [2.75, 3.05) is 0 Å². The van der Waals surface area contributed by atoms with Crippen molar-refractivity contribution in [3.63, 3.8) is 0 Å². The monoisotopic (exact) mass is 162 g/mol. The average Bonchev–Trinajstić information content (AvgIpc) is 1.97. The molecule has 0 radical (unpaired) electrons. The van der Waals surface area contributed by atoms with E-state index in [1.165, 1.54) is 6.08 Å². The molecule has 0 aliphatic heterocycles. The summed E-state index contributed by atoms with van der Waals surface area (Å²) in [6, 6.07) is 0. The fourth-order valence-electron chi connectivity index (χ4n) is 0.768. The number of hydrogen-bond donors (Lipinski definition) is 1. The Kier molecular flexibility index (Phi) is 5.84. The Bertz CT molecular complexity index is 121. The van der Waals surface area contributed by atoms with Gasteiger partial charge in [-0.15, -0.1) is 0 Å². The zero-order chi connectivity index (χ0) is 8.69. The molecule has 0 fully saturated rings. The number of aliphatic hydroxyl groups excluding tert-OH is 1. The largest absolute Gasteiger partial charge is 0.389 e. The molecule has 0 saturated carbocycles. The summed E-state index contributed by atoms with van der Waals surface area (Å²) >= 11 is 0.